The highest BCUT2D eigenvalue weighted by atomic mass is 35.5. The second-order valence-corrected chi connectivity index (χ2v) is 9.05. The summed E-state index contributed by atoms with van der Waals surface area (Å²) in [5.74, 6) is -0.726. The average Bonchev–Trinajstić information content (AvgIpc) is 3.26. The lowest BCUT2D eigenvalue weighted by Gasteiger charge is -2.23. The molecular weight excluding hydrogens is 461 g/mol. The van der Waals surface area contributed by atoms with Crippen LogP contribution in [0.25, 0.3) is 0 Å². The maximum atomic E-state index is 13.3. The van der Waals surface area contributed by atoms with Gasteiger partial charge in [-0.05, 0) is 48.5 Å². The molecule has 3 rings (SSSR count). The molecule has 0 N–H and O–H groups in total. The molecule has 0 fully saturated rings. The molecule has 0 spiro atoms. The molecule has 0 atom stereocenters. The third-order valence-electron chi connectivity index (χ3n) is 4.27. The third-order valence-corrected chi connectivity index (χ3v) is 6.64. The smallest absolute Gasteiger partial charge is 0.339 e. The Kier molecular flexibility index (Phi) is 7.37. The minimum atomic E-state index is -4.02. The number of carbonyl (C=O) groups excluding carboxylic acids is 1. The summed E-state index contributed by atoms with van der Waals surface area (Å²) in [6.07, 6.45) is 4.81. The number of anilines is 1. The molecule has 1 heterocycles. The van der Waals surface area contributed by atoms with Gasteiger partial charge in [-0.15, -0.1) is 6.58 Å². The fourth-order valence-electron chi connectivity index (χ4n) is 2.76. The highest BCUT2D eigenvalue weighted by Crippen LogP contribution is 2.28. The van der Waals surface area contributed by atoms with Crippen molar-refractivity contribution in [2.45, 2.75) is 11.4 Å². The van der Waals surface area contributed by atoms with Crippen LogP contribution in [0.4, 0.5) is 5.69 Å². The van der Waals surface area contributed by atoms with E-state index in [0.29, 0.717) is 17.3 Å². The summed E-state index contributed by atoms with van der Waals surface area (Å²) in [5.41, 5.74) is 0.362. The number of esters is 1. The Bertz CT molecular complexity index is 1160. The van der Waals surface area contributed by atoms with E-state index in [9.17, 15) is 13.2 Å². The van der Waals surface area contributed by atoms with Crippen LogP contribution in [0.2, 0.25) is 10.0 Å². The predicted molar refractivity (Wildman–Crippen MR) is 120 cm³/mol. The molecule has 162 valence electrons. The van der Waals surface area contributed by atoms with E-state index < -0.39 is 16.0 Å². The van der Waals surface area contributed by atoms with Crippen LogP contribution in [0.3, 0.4) is 0 Å². The van der Waals surface area contributed by atoms with Gasteiger partial charge in [0.15, 0.2) is 0 Å². The van der Waals surface area contributed by atoms with Crippen molar-refractivity contribution in [3.05, 3.63) is 89.2 Å². The molecule has 0 amide bonds. The van der Waals surface area contributed by atoms with E-state index in [0.717, 1.165) is 4.31 Å². The molecule has 0 aliphatic rings. The van der Waals surface area contributed by atoms with Gasteiger partial charge < -0.3 is 4.74 Å². The molecule has 3 aromatic rings. The first kappa shape index (κ1) is 22.9. The Morgan fingerprint density at radius 2 is 1.94 bits per heavy atom. The minimum Gasteiger partial charge on any atom is -0.460 e. The van der Waals surface area contributed by atoms with Crippen molar-refractivity contribution in [1.82, 2.24) is 9.78 Å². The largest absolute Gasteiger partial charge is 0.460 e. The van der Waals surface area contributed by atoms with Crippen molar-refractivity contribution in [2.24, 2.45) is 0 Å². The Morgan fingerprint density at radius 1 is 1.19 bits per heavy atom. The standard InChI is InChI=1S/C21H19Cl2N3O4S/c1-2-11-26(17-6-4-16(22)5-7-17)31(28,29)18-8-9-20(23)19(15-18)21(27)30-14-13-25-12-3-10-24-25/h2-10,12,15H,1,11,13-14H2. The monoisotopic (exact) mass is 479 g/mol. The first-order chi connectivity index (χ1) is 14.8. The first-order valence-electron chi connectivity index (χ1n) is 9.16. The number of ether oxygens (including phenoxy) is 1. The molecule has 0 unspecified atom stereocenters. The Balaban J connectivity index is 1.85. The van der Waals surface area contributed by atoms with Gasteiger partial charge in [-0.3, -0.25) is 8.99 Å². The number of benzene rings is 2. The van der Waals surface area contributed by atoms with Gasteiger partial charge in [0.1, 0.15) is 6.61 Å². The number of aromatic nitrogens is 2. The number of carbonyl (C=O) groups is 1. The molecule has 7 nitrogen and oxygen atoms in total. The van der Waals surface area contributed by atoms with Crippen molar-refractivity contribution in [3.8, 4) is 0 Å². The van der Waals surface area contributed by atoms with Crippen molar-refractivity contribution in [3.63, 3.8) is 0 Å². The second kappa shape index (κ2) is 10.00. The number of hydrogen-bond donors (Lipinski definition) is 0. The Morgan fingerprint density at radius 3 is 2.58 bits per heavy atom. The van der Waals surface area contributed by atoms with Crippen LogP contribution in [-0.4, -0.2) is 37.3 Å². The van der Waals surface area contributed by atoms with Crippen LogP contribution in [0.15, 0.2) is 78.5 Å². The molecule has 0 aliphatic heterocycles. The molecule has 2 aromatic carbocycles. The van der Waals surface area contributed by atoms with E-state index >= 15 is 0 Å². The van der Waals surface area contributed by atoms with Gasteiger partial charge in [-0.1, -0.05) is 29.3 Å². The van der Waals surface area contributed by atoms with Crippen molar-refractivity contribution in [2.75, 3.05) is 17.5 Å². The number of nitrogens with zero attached hydrogens (tertiary/aromatic N) is 3. The Hall–Kier alpha value is -2.81. The van der Waals surface area contributed by atoms with Gasteiger partial charge in [-0.2, -0.15) is 5.10 Å². The van der Waals surface area contributed by atoms with Crippen LogP contribution < -0.4 is 4.31 Å². The van der Waals surface area contributed by atoms with Crippen molar-refractivity contribution >= 4 is 44.9 Å². The molecular formula is C21H19Cl2N3O4S. The Labute approximate surface area is 190 Å². The predicted octanol–water partition coefficient (Wildman–Crippen LogP) is 4.43. The lowest BCUT2D eigenvalue weighted by atomic mass is 10.2. The lowest BCUT2D eigenvalue weighted by Crippen LogP contribution is -2.31. The second-order valence-electron chi connectivity index (χ2n) is 6.35. The van der Waals surface area contributed by atoms with E-state index in [1.165, 1.54) is 24.3 Å². The molecule has 1 aromatic heterocycles. The summed E-state index contributed by atoms with van der Waals surface area (Å²) in [6, 6.07) is 12.0. The summed E-state index contributed by atoms with van der Waals surface area (Å²) in [5, 5.41) is 4.58. The van der Waals surface area contributed by atoms with Gasteiger partial charge in [0, 0.05) is 17.4 Å². The van der Waals surface area contributed by atoms with E-state index in [1.54, 1.807) is 47.4 Å². The van der Waals surface area contributed by atoms with Gasteiger partial charge in [0.05, 0.1) is 34.3 Å². The van der Waals surface area contributed by atoms with E-state index in [4.69, 9.17) is 27.9 Å². The minimum absolute atomic E-state index is 0.0240. The molecule has 0 saturated carbocycles. The maximum absolute atomic E-state index is 13.3. The highest BCUT2D eigenvalue weighted by molar-refractivity contribution is 7.92. The quantitative estimate of drug-likeness (QED) is 0.335. The normalized spacial score (nSPS) is 11.2. The summed E-state index contributed by atoms with van der Waals surface area (Å²) in [7, 11) is -4.02. The SMILES string of the molecule is C=CCN(c1ccc(Cl)cc1)S(=O)(=O)c1ccc(Cl)c(C(=O)OCCn2cccn2)c1. The van der Waals surface area contributed by atoms with Crippen molar-refractivity contribution < 1.29 is 17.9 Å². The molecule has 0 aliphatic carbocycles. The topological polar surface area (TPSA) is 81.5 Å². The van der Waals surface area contributed by atoms with E-state index in [-0.39, 0.29) is 28.6 Å². The molecule has 0 bridgehead atoms. The van der Waals surface area contributed by atoms with E-state index in [1.807, 2.05) is 0 Å². The van der Waals surface area contributed by atoms with Gasteiger partial charge >= 0.3 is 5.97 Å². The van der Waals surface area contributed by atoms with Crippen LogP contribution in [0, 0.1) is 0 Å². The summed E-state index contributed by atoms with van der Waals surface area (Å²) < 4.78 is 34.6. The van der Waals surface area contributed by atoms with Crippen LogP contribution >= 0.6 is 23.2 Å². The molecule has 31 heavy (non-hydrogen) atoms. The van der Waals surface area contributed by atoms with Gasteiger partial charge in [0.2, 0.25) is 0 Å². The summed E-state index contributed by atoms with van der Waals surface area (Å²) in [6.45, 7) is 4.07. The van der Waals surface area contributed by atoms with Gasteiger partial charge in [-0.25, -0.2) is 13.2 Å². The van der Waals surface area contributed by atoms with E-state index in [2.05, 4.69) is 11.7 Å². The fraction of sp³-hybridized carbons (Fsp3) is 0.143. The number of rotatable bonds is 9. The zero-order chi connectivity index (χ0) is 22.4. The molecule has 0 radical (unpaired) electrons. The number of sulfonamides is 1. The van der Waals surface area contributed by atoms with Gasteiger partial charge in [0.25, 0.3) is 10.0 Å². The number of halogens is 2. The average molecular weight is 480 g/mol. The van der Waals surface area contributed by atoms with Crippen LogP contribution in [-0.2, 0) is 21.3 Å². The first-order valence-corrected chi connectivity index (χ1v) is 11.4. The number of hydrogen-bond acceptors (Lipinski definition) is 5. The summed E-state index contributed by atoms with van der Waals surface area (Å²) >= 11 is 12.0. The highest BCUT2D eigenvalue weighted by Gasteiger charge is 2.26. The van der Waals surface area contributed by atoms with Crippen LogP contribution in [0.1, 0.15) is 10.4 Å². The van der Waals surface area contributed by atoms with Crippen LogP contribution in [0.5, 0.6) is 0 Å². The third kappa shape index (κ3) is 5.46. The lowest BCUT2D eigenvalue weighted by molar-refractivity contribution is 0.0487. The summed E-state index contributed by atoms with van der Waals surface area (Å²) in [4.78, 5) is 12.4. The molecule has 10 heteroatoms. The zero-order valence-corrected chi connectivity index (χ0v) is 18.6. The zero-order valence-electron chi connectivity index (χ0n) is 16.3. The molecule has 0 saturated heterocycles. The maximum Gasteiger partial charge on any atom is 0.339 e. The van der Waals surface area contributed by atoms with Crippen molar-refractivity contribution in [1.29, 1.82) is 0 Å². The fourth-order valence-corrected chi connectivity index (χ4v) is 4.54.